The molecule has 0 aliphatic carbocycles. The van der Waals surface area contributed by atoms with Gasteiger partial charge >= 0.3 is 6.18 Å². The van der Waals surface area contributed by atoms with Crippen LogP contribution in [0.15, 0.2) is 18.3 Å². The van der Waals surface area contributed by atoms with Crippen molar-refractivity contribution < 1.29 is 13.2 Å². The Hall–Kier alpha value is -1.74. The van der Waals surface area contributed by atoms with Crippen molar-refractivity contribution in [3.05, 3.63) is 35.4 Å². The number of piperazine rings is 1. The van der Waals surface area contributed by atoms with Gasteiger partial charge in [0.25, 0.3) is 0 Å². The minimum absolute atomic E-state index is 0.222. The summed E-state index contributed by atoms with van der Waals surface area (Å²) in [4.78, 5) is 12.0. The summed E-state index contributed by atoms with van der Waals surface area (Å²) >= 11 is 1.35. The molecule has 124 valence electrons. The van der Waals surface area contributed by atoms with E-state index in [1.807, 2.05) is 11.8 Å². The first-order chi connectivity index (χ1) is 10.9. The van der Waals surface area contributed by atoms with Gasteiger partial charge < -0.3 is 4.90 Å². The average molecular weight is 343 g/mol. The molecular weight excluding hydrogens is 327 g/mol. The fourth-order valence-electron chi connectivity index (χ4n) is 2.57. The second-order valence-corrected chi connectivity index (χ2v) is 6.13. The van der Waals surface area contributed by atoms with Crippen LogP contribution in [0.4, 0.5) is 18.3 Å². The van der Waals surface area contributed by atoms with Crippen LogP contribution >= 0.6 is 11.5 Å². The number of anilines is 1. The molecule has 3 rings (SSSR count). The second-order valence-electron chi connectivity index (χ2n) is 5.40. The van der Waals surface area contributed by atoms with Crippen LogP contribution in [0.1, 0.15) is 17.1 Å². The van der Waals surface area contributed by atoms with Gasteiger partial charge in [-0.25, -0.2) is 4.98 Å². The number of pyridine rings is 1. The fraction of sp³-hybridized carbons (Fsp3) is 0.500. The molecule has 5 nitrogen and oxygen atoms in total. The summed E-state index contributed by atoms with van der Waals surface area (Å²) in [6, 6.07) is 3.04. The van der Waals surface area contributed by atoms with Crippen LogP contribution in [0.3, 0.4) is 0 Å². The Labute approximate surface area is 135 Å². The predicted octanol–water partition coefficient (Wildman–Crippen LogP) is 2.58. The van der Waals surface area contributed by atoms with E-state index in [0.717, 1.165) is 24.0 Å². The van der Waals surface area contributed by atoms with Gasteiger partial charge in [0.2, 0.25) is 5.13 Å². The van der Waals surface area contributed by atoms with Crippen LogP contribution in [0.2, 0.25) is 0 Å². The second kappa shape index (κ2) is 6.40. The third kappa shape index (κ3) is 3.78. The highest BCUT2D eigenvalue weighted by atomic mass is 32.1. The first-order valence-corrected chi connectivity index (χ1v) is 7.99. The van der Waals surface area contributed by atoms with Gasteiger partial charge in [-0.15, -0.1) is 0 Å². The lowest BCUT2D eigenvalue weighted by molar-refractivity contribution is -0.142. The number of nitrogens with zero attached hydrogens (tertiary/aromatic N) is 5. The SMILES string of the molecule is Cc1nsc(N2CCN(Cc3cccnc3C(F)(F)F)CC2)n1. The molecule has 0 N–H and O–H groups in total. The highest BCUT2D eigenvalue weighted by molar-refractivity contribution is 7.09. The van der Waals surface area contributed by atoms with Crippen molar-refractivity contribution in [2.24, 2.45) is 0 Å². The molecule has 9 heteroatoms. The Balaban J connectivity index is 1.63. The number of aromatic nitrogens is 3. The van der Waals surface area contributed by atoms with E-state index in [2.05, 4.69) is 19.2 Å². The van der Waals surface area contributed by atoms with E-state index in [9.17, 15) is 13.2 Å². The topological polar surface area (TPSA) is 45.2 Å². The van der Waals surface area contributed by atoms with Gasteiger partial charge in [-0.1, -0.05) is 6.07 Å². The Morgan fingerprint density at radius 1 is 1.22 bits per heavy atom. The van der Waals surface area contributed by atoms with Gasteiger partial charge in [0.15, 0.2) is 0 Å². The summed E-state index contributed by atoms with van der Waals surface area (Å²) in [5.74, 6) is 0.748. The van der Waals surface area contributed by atoms with E-state index < -0.39 is 11.9 Å². The molecule has 1 fully saturated rings. The van der Waals surface area contributed by atoms with Crippen molar-refractivity contribution in [3.8, 4) is 0 Å². The molecule has 0 radical (unpaired) electrons. The van der Waals surface area contributed by atoms with E-state index in [0.29, 0.717) is 13.1 Å². The minimum atomic E-state index is -4.41. The Morgan fingerprint density at radius 2 is 1.96 bits per heavy atom. The largest absolute Gasteiger partial charge is 0.433 e. The van der Waals surface area contributed by atoms with Gasteiger partial charge in [0.1, 0.15) is 11.5 Å². The zero-order valence-corrected chi connectivity index (χ0v) is 13.4. The molecule has 0 bridgehead atoms. The van der Waals surface area contributed by atoms with Crippen LogP contribution < -0.4 is 4.90 Å². The molecule has 23 heavy (non-hydrogen) atoms. The van der Waals surface area contributed by atoms with Crippen molar-refractivity contribution in [1.29, 1.82) is 0 Å². The third-order valence-corrected chi connectivity index (χ3v) is 4.58. The van der Waals surface area contributed by atoms with E-state index in [-0.39, 0.29) is 12.1 Å². The maximum atomic E-state index is 13.0. The van der Waals surface area contributed by atoms with Crippen molar-refractivity contribution in [3.63, 3.8) is 0 Å². The number of rotatable bonds is 3. The highest BCUT2D eigenvalue weighted by Crippen LogP contribution is 2.30. The van der Waals surface area contributed by atoms with Crippen molar-refractivity contribution in [2.75, 3.05) is 31.1 Å². The van der Waals surface area contributed by atoms with Crippen molar-refractivity contribution in [1.82, 2.24) is 19.2 Å². The lowest BCUT2D eigenvalue weighted by Crippen LogP contribution is -2.46. The summed E-state index contributed by atoms with van der Waals surface area (Å²) in [5.41, 5.74) is -0.567. The molecule has 2 aromatic rings. The molecule has 0 saturated carbocycles. The third-order valence-electron chi connectivity index (χ3n) is 3.71. The van der Waals surface area contributed by atoms with E-state index in [1.54, 1.807) is 6.07 Å². The number of halogens is 3. The highest BCUT2D eigenvalue weighted by Gasteiger charge is 2.35. The lowest BCUT2D eigenvalue weighted by Gasteiger charge is -2.34. The standard InChI is InChI=1S/C14H16F3N5S/c1-10-19-13(23-20-10)22-7-5-21(6-8-22)9-11-3-2-4-18-12(11)14(15,16)17/h2-4H,5-9H2,1H3. The Morgan fingerprint density at radius 3 is 2.57 bits per heavy atom. The molecule has 0 atom stereocenters. The van der Waals surface area contributed by atoms with Crippen LogP contribution in [0.25, 0.3) is 0 Å². The molecule has 2 aromatic heterocycles. The normalized spacial score (nSPS) is 16.8. The molecule has 0 unspecified atom stereocenters. The zero-order chi connectivity index (χ0) is 16.4. The lowest BCUT2D eigenvalue weighted by atomic mass is 10.1. The molecule has 0 spiro atoms. The number of aryl methyl sites for hydroxylation is 1. The molecule has 0 amide bonds. The van der Waals surface area contributed by atoms with E-state index in [4.69, 9.17) is 0 Å². The number of hydrogen-bond acceptors (Lipinski definition) is 6. The van der Waals surface area contributed by atoms with E-state index in [1.165, 1.54) is 23.8 Å². The summed E-state index contributed by atoms with van der Waals surface area (Å²) in [6.45, 7) is 4.94. The minimum Gasteiger partial charge on any atom is -0.344 e. The van der Waals surface area contributed by atoms with Crippen molar-refractivity contribution >= 4 is 16.7 Å². The van der Waals surface area contributed by atoms with Crippen molar-refractivity contribution in [2.45, 2.75) is 19.6 Å². The monoisotopic (exact) mass is 343 g/mol. The average Bonchev–Trinajstić information content (AvgIpc) is 2.94. The smallest absolute Gasteiger partial charge is 0.344 e. The summed E-state index contributed by atoms with van der Waals surface area (Å²) in [5, 5.41) is 0.875. The summed E-state index contributed by atoms with van der Waals surface area (Å²) in [7, 11) is 0. The quantitative estimate of drug-likeness (QED) is 0.857. The number of alkyl halides is 3. The molecule has 1 aliphatic heterocycles. The molecule has 0 aromatic carbocycles. The maximum Gasteiger partial charge on any atom is 0.433 e. The van der Waals surface area contributed by atoms with Gasteiger partial charge in [0.05, 0.1) is 0 Å². The van der Waals surface area contributed by atoms with Crippen LogP contribution in [-0.4, -0.2) is 45.4 Å². The van der Waals surface area contributed by atoms with Crippen LogP contribution in [0, 0.1) is 6.92 Å². The molecular formula is C14H16F3N5S. The first kappa shape index (κ1) is 16.1. The van der Waals surface area contributed by atoms with Gasteiger partial charge in [-0.2, -0.15) is 17.5 Å². The van der Waals surface area contributed by atoms with Gasteiger partial charge in [0, 0.05) is 50.5 Å². The molecule has 3 heterocycles. The van der Waals surface area contributed by atoms with Crippen LogP contribution in [0.5, 0.6) is 0 Å². The van der Waals surface area contributed by atoms with Gasteiger partial charge in [-0.3, -0.25) is 9.88 Å². The van der Waals surface area contributed by atoms with Gasteiger partial charge in [-0.05, 0) is 18.6 Å². The van der Waals surface area contributed by atoms with Crippen LogP contribution in [-0.2, 0) is 12.7 Å². The Kier molecular flexibility index (Phi) is 4.49. The first-order valence-electron chi connectivity index (χ1n) is 7.22. The Bertz CT molecular complexity index is 664. The summed E-state index contributed by atoms with van der Waals surface area (Å²) < 4.78 is 43.1. The summed E-state index contributed by atoms with van der Waals surface area (Å²) in [6.07, 6.45) is -3.23. The van der Waals surface area contributed by atoms with E-state index >= 15 is 0 Å². The molecule has 1 aliphatic rings. The fourth-order valence-corrected chi connectivity index (χ4v) is 3.30. The molecule has 1 saturated heterocycles. The zero-order valence-electron chi connectivity index (χ0n) is 12.5. The predicted molar refractivity (Wildman–Crippen MR) is 81.4 cm³/mol. The number of hydrogen-bond donors (Lipinski definition) is 0. The maximum absolute atomic E-state index is 13.0.